The fourth-order valence-electron chi connectivity index (χ4n) is 3.69. The molecule has 2 amide bonds. The lowest BCUT2D eigenvalue weighted by Gasteiger charge is -2.49. The Kier molecular flexibility index (Phi) is 5.23. The Morgan fingerprint density at radius 2 is 1.85 bits per heavy atom. The van der Waals surface area contributed by atoms with Crippen LogP contribution in [0.15, 0.2) is 30.3 Å². The summed E-state index contributed by atoms with van der Waals surface area (Å²) >= 11 is 0. The number of likely N-dealkylation sites (N-methyl/N-ethyl adjacent to an activating group) is 1. The minimum absolute atomic E-state index is 0.000272. The van der Waals surface area contributed by atoms with Crippen LogP contribution in [0.4, 0.5) is 4.79 Å². The fraction of sp³-hybridized carbons (Fsp3) is 0.600. The van der Waals surface area contributed by atoms with E-state index in [-0.39, 0.29) is 24.1 Å². The molecule has 6 heteroatoms. The molecule has 1 aromatic rings. The van der Waals surface area contributed by atoms with E-state index in [0.717, 1.165) is 6.42 Å². The molecule has 0 spiro atoms. The molecule has 0 aliphatic carbocycles. The van der Waals surface area contributed by atoms with E-state index in [9.17, 15) is 9.59 Å². The van der Waals surface area contributed by atoms with E-state index in [1.54, 1.807) is 4.90 Å². The first-order valence-electron chi connectivity index (χ1n) is 9.24. The van der Waals surface area contributed by atoms with Gasteiger partial charge in [-0.15, -0.1) is 0 Å². The Bertz CT molecular complexity index is 656. The summed E-state index contributed by atoms with van der Waals surface area (Å²) in [7, 11) is 1.83. The van der Waals surface area contributed by atoms with Crippen LogP contribution in [0.2, 0.25) is 0 Å². The van der Waals surface area contributed by atoms with Crippen LogP contribution in [0.1, 0.15) is 26.3 Å². The average Bonchev–Trinajstić information content (AvgIpc) is 2.55. The molecule has 142 valence electrons. The van der Waals surface area contributed by atoms with Crippen molar-refractivity contribution in [1.82, 2.24) is 14.7 Å². The van der Waals surface area contributed by atoms with E-state index in [1.165, 1.54) is 5.56 Å². The molecule has 0 bridgehead atoms. The number of rotatable bonds is 2. The summed E-state index contributed by atoms with van der Waals surface area (Å²) < 4.78 is 5.66. The van der Waals surface area contributed by atoms with Gasteiger partial charge in [-0.05, 0) is 32.8 Å². The summed E-state index contributed by atoms with van der Waals surface area (Å²) in [5.74, 6) is 0.144. The zero-order valence-corrected chi connectivity index (χ0v) is 16.1. The topological polar surface area (TPSA) is 53.1 Å². The van der Waals surface area contributed by atoms with Crippen LogP contribution in [0.3, 0.4) is 0 Å². The van der Waals surface area contributed by atoms with Crippen LogP contribution >= 0.6 is 0 Å². The van der Waals surface area contributed by atoms with Crippen LogP contribution in [-0.2, 0) is 16.0 Å². The Hall–Kier alpha value is -2.08. The highest BCUT2D eigenvalue weighted by molar-refractivity contribution is 5.79. The van der Waals surface area contributed by atoms with Crippen LogP contribution in [0, 0.1) is 0 Å². The number of hydrogen-bond donors (Lipinski definition) is 0. The summed E-state index contributed by atoms with van der Waals surface area (Å²) in [5.41, 5.74) is 0.662. The van der Waals surface area contributed by atoms with Crippen molar-refractivity contribution in [2.24, 2.45) is 0 Å². The van der Waals surface area contributed by atoms with E-state index in [4.69, 9.17) is 4.74 Å². The van der Waals surface area contributed by atoms with Gasteiger partial charge in [0, 0.05) is 32.7 Å². The van der Waals surface area contributed by atoms with E-state index >= 15 is 0 Å². The molecule has 2 fully saturated rings. The second-order valence-corrected chi connectivity index (χ2v) is 8.33. The monoisotopic (exact) mass is 359 g/mol. The number of benzene rings is 1. The number of nitrogens with zero attached hydrogens (tertiary/aromatic N) is 3. The van der Waals surface area contributed by atoms with Crippen molar-refractivity contribution in [2.45, 2.75) is 44.9 Å². The predicted octanol–water partition coefficient (Wildman–Crippen LogP) is 1.99. The molecule has 0 N–H and O–H groups in total. The number of carbonyl (C=O) groups is 2. The Morgan fingerprint density at radius 1 is 1.15 bits per heavy atom. The number of amides is 2. The maximum atomic E-state index is 12.8. The average molecular weight is 359 g/mol. The van der Waals surface area contributed by atoms with Crippen LogP contribution in [0.5, 0.6) is 0 Å². The van der Waals surface area contributed by atoms with Gasteiger partial charge < -0.3 is 14.5 Å². The highest BCUT2D eigenvalue weighted by atomic mass is 16.6. The number of fused-ring (bicyclic) bond motifs is 1. The lowest BCUT2D eigenvalue weighted by Crippen LogP contribution is -2.67. The van der Waals surface area contributed by atoms with Crippen molar-refractivity contribution in [3.63, 3.8) is 0 Å². The van der Waals surface area contributed by atoms with Crippen LogP contribution in [-0.4, -0.2) is 77.6 Å². The molecule has 0 radical (unpaired) electrons. The molecule has 1 aromatic carbocycles. The highest BCUT2D eigenvalue weighted by Gasteiger charge is 2.41. The molecule has 2 heterocycles. The van der Waals surface area contributed by atoms with Crippen LogP contribution < -0.4 is 0 Å². The first kappa shape index (κ1) is 18.7. The van der Waals surface area contributed by atoms with Crippen LogP contribution in [0.25, 0.3) is 0 Å². The molecule has 2 aliphatic rings. The summed E-state index contributed by atoms with van der Waals surface area (Å²) in [4.78, 5) is 30.8. The molecule has 2 saturated heterocycles. The molecule has 3 rings (SSSR count). The molecule has 2 atom stereocenters. The smallest absolute Gasteiger partial charge is 0.410 e. The van der Waals surface area contributed by atoms with E-state index in [2.05, 4.69) is 17.0 Å². The first-order chi connectivity index (χ1) is 12.2. The van der Waals surface area contributed by atoms with Crippen molar-refractivity contribution in [3.8, 4) is 0 Å². The van der Waals surface area contributed by atoms with Gasteiger partial charge in [-0.25, -0.2) is 4.79 Å². The number of ether oxygens (including phenoxy) is 1. The number of hydrogen-bond acceptors (Lipinski definition) is 4. The van der Waals surface area contributed by atoms with Gasteiger partial charge in [0.1, 0.15) is 5.60 Å². The SMILES string of the molecule is CN1C[C@H]2CN(C(=O)OC(C)(C)C)[C@@H](Cc3ccccc3)CN2CC1=O. The molecule has 2 aliphatic heterocycles. The minimum Gasteiger partial charge on any atom is -0.444 e. The normalized spacial score (nSPS) is 24.4. The summed E-state index contributed by atoms with van der Waals surface area (Å²) in [5, 5.41) is 0. The van der Waals surface area contributed by atoms with Crippen molar-refractivity contribution in [3.05, 3.63) is 35.9 Å². The molecule has 0 saturated carbocycles. The standard InChI is InChI=1S/C20H29N3O3/c1-20(2,3)26-19(25)23-13-17-11-21(4)18(24)14-22(17)12-16(23)10-15-8-6-5-7-9-15/h5-9,16-17H,10-14H2,1-4H3/t16-,17-/m0/s1. The van der Waals surface area contributed by atoms with Gasteiger partial charge in [-0.1, -0.05) is 30.3 Å². The molecule has 0 aromatic heterocycles. The zero-order valence-electron chi connectivity index (χ0n) is 16.1. The number of piperazine rings is 2. The van der Waals surface area contributed by atoms with Gasteiger partial charge in [-0.2, -0.15) is 0 Å². The van der Waals surface area contributed by atoms with Gasteiger partial charge in [0.2, 0.25) is 5.91 Å². The van der Waals surface area contributed by atoms with Crippen molar-refractivity contribution >= 4 is 12.0 Å². The maximum Gasteiger partial charge on any atom is 0.410 e. The molecule has 26 heavy (non-hydrogen) atoms. The second-order valence-electron chi connectivity index (χ2n) is 8.33. The Labute approximate surface area is 155 Å². The Morgan fingerprint density at radius 3 is 2.50 bits per heavy atom. The fourth-order valence-corrected chi connectivity index (χ4v) is 3.69. The van der Waals surface area contributed by atoms with Crippen molar-refractivity contribution < 1.29 is 14.3 Å². The summed E-state index contributed by atoms with van der Waals surface area (Å²) in [6.07, 6.45) is 0.491. The molecular weight excluding hydrogens is 330 g/mol. The van der Waals surface area contributed by atoms with Crippen molar-refractivity contribution in [1.29, 1.82) is 0 Å². The largest absolute Gasteiger partial charge is 0.444 e. The molecule has 0 unspecified atom stereocenters. The quantitative estimate of drug-likeness (QED) is 0.810. The molecule has 6 nitrogen and oxygen atoms in total. The maximum absolute atomic E-state index is 12.8. The van der Waals surface area contributed by atoms with Gasteiger partial charge in [0.15, 0.2) is 0 Å². The van der Waals surface area contributed by atoms with Gasteiger partial charge >= 0.3 is 6.09 Å². The second kappa shape index (κ2) is 7.27. The predicted molar refractivity (Wildman–Crippen MR) is 99.9 cm³/mol. The van der Waals surface area contributed by atoms with Gasteiger partial charge in [0.05, 0.1) is 12.6 Å². The van der Waals surface area contributed by atoms with E-state index < -0.39 is 5.60 Å². The third kappa shape index (κ3) is 4.36. The third-order valence-electron chi connectivity index (χ3n) is 5.00. The van der Waals surface area contributed by atoms with Gasteiger partial charge in [0.25, 0.3) is 0 Å². The Balaban J connectivity index is 1.80. The lowest BCUT2D eigenvalue weighted by molar-refractivity contribution is -0.139. The first-order valence-corrected chi connectivity index (χ1v) is 9.24. The zero-order chi connectivity index (χ0) is 18.9. The van der Waals surface area contributed by atoms with E-state index in [1.807, 2.05) is 50.9 Å². The third-order valence-corrected chi connectivity index (χ3v) is 5.00. The van der Waals surface area contributed by atoms with E-state index in [0.29, 0.717) is 26.2 Å². The lowest BCUT2D eigenvalue weighted by atomic mass is 9.98. The molecular formula is C20H29N3O3. The van der Waals surface area contributed by atoms with Crippen molar-refractivity contribution in [2.75, 3.05) is 33.2 Å². The summed E-state index contributed by atoms with van der Waals surface area (Å²) in [6, 6.07) is 10.3. The summed E-state index contributed by atoms with van der Waals surface area (Å²) in [6.45, 7) is 8.02. The minimum atomic E-state index is -0.523. The highest BCUT2D eigenvalue weighted by Crippen LogP contribution is 2.24. The van der Waals surface area contributed by atoms with Gasteiger partial charge in [-0.3, -0.25) is 9.69 Å². The number of carbonyl (C=O) groups excluding carboxylic acids is 2.